The van der Waals surface area contributed by atoms with E-state index in [0.29, 0.717) is 0 Å². The average molecular weight is 399 g/mol. The average Bonchev–Trinajstić information content (AvgIpc) is 2.45. The van der Waals surface area contributed by atoms with E-state index in [0.717, 1.165) is 40.0 Å². The van der Waals surface area contributed by atoms with Crippen molar-refractivity contribution in [2.24, 2.45) is 0 Å². The van der Waals surface area contributed by atoms with Crippen molar-refractivity contribution < 1.29 is 4.74 Å². The van der Waals surface area contributed by atoms with Crippen LogP contribution in [0, 0.1) is 0 Å². The molecule has 0 spiro atoms. The lowest BCUT2D eigenvalue weighted by Crippen LogP contribution is -2.01. The van der Waals surface area contributed by atoms with Crippen LogP contribution in [0.4, 0.5) is 5.69 Å². The summed E-state index contributed by atoms with van der Waals surface area (Å²) in [6.45, 7) is 3.59. The molecule has 0 fully saturated rings. The number of halogens is 2. The molecule has 2 nitrogen and oxygen atoms in total. The maximum absolute atomic E-state index is 5.72. The summed E-state index contributed by atoms with van der Waals surface area (Å²) in [5.74, 6) is 0.871. The highest BCUT2D eigenvalue weighted by atomic mass is 79.9. The number of hydrogen-bond donors (Lipinski definition) is 1. The van der Waals surface area contributed by atoms with Gasteiger partial charge in [-0.25, -0.2) is 0 Å². The van der Waals surface area contributed by atoms with Crippen molar-refractivity contribution in [3.8, 4) is 5.75 Å². The zero-order chi connectivity index (χ0) is 14.4. The smallest absolute Gasteiger partial charge is 0.147 e. The molecule has 0 saturated heterocycles. The van der Waals surface area contributed by atoms with Crippen molar-refractivity contribution in [1.29, 1.82) is 0 Å². The van der Waals surface area contributed by atoms with Gasteiger partial charge in [0.25, 0.3) is 0 Å². The fraction of sp³-hybridized carbons (Fsp3) is 0.250. The quantitative estimate of drug-likeness (QED) is 0.682. The minimum atomic E-state index is 0.721. The van der Waals surface area contributed by atoms with Crippen molar-refractivity contribution in [3.63, 3.8) is 0 Å². The van der Waals surface area contributed by atoms with Crippen LogP contribution in [0.5, 0.6) is 5.75 Å². The third-order valence-corrected chi connectivity index (χ3v) is 3.96. The monoisotopic (exact) mass is 397 g/mol. The molecule has 0 aliphatic carbocycles. The van der Waals surface area contributed by atoms with Crippen LogP contribution in [0.3, 0.4) is 0 Å². The summed E-state index contributed by atoms with van der Waals surface area (Å²) in [5, 5.41) is 3.40. The molecule has 0 aliphatic rings. The first-order chi connectivity index (χ1) is 9.70. The molecule has 4 heteroatoms. The van der Waals surface area contributed by atoms with E-state index in [1.807, 2.05) is 18.2 Å². The summed E-state index contributed by atoms with van der Waals surface area (Å²) >= 11 is 7.14. The molecule has 0 unspecified atom stereocenters. The van der Waals surface area contributed by atoms with Gasteiger partial charge in [-0.2, -0.15) is 0 Å². The maximum Gasteiger partial charge on any atom is 0.147 e. The molecule has 0 aromatic heterocycles. The molecule has 106 valence electrons. The van der Waals surface area contributed by atoms with Gasteiger partial charge in [-0.05, 0) is 68.1 Å². The minimum absolute atomic E-state index is 0.721. The van der Waals surface area contributed by atoms with Crippen LogP contribution in [0.2, 0.25) is 0 Å². The molecular weight excluding hydrogens is 382 g/mol. The first-order valence-electron chi connectivity index (χ1n) is 6.60. The van der Waals surface area contributed by atoms with E-state index >= 15 is 0 Å². The second kappa shape index (κ2) is 7.70. The Morgan fingerprint density at radius 3 is 2.30 bits per heavy atom. The van der Waals surface area contributed by atoms with Crippen molar-refractivity contribution in [1.82, 2.24) is 0 Å². The van der Waals surface area contributed by atoms with E-state index in [1.165, 1.54) is 5.56 Å². The van der Waals surface area contributed by atoms with Gasteiger partial charge in [0, 0.05) is 12.2 Å². The molecule has 0 radical (unpaired) electrons. The van der Waals surface area contributed by atoms with Crippen LogP contribution >= 0.6 is 31.9 Å². The second-order valence-electron chi connectivity index (χ2n) is 4.46. The van der Waals surface area contributed by atoms with E-state index in [2.05, 4.69) is 68.4 Å². The Morgan fingerprint density at radius 2 is 1.70 bits per heavy atom. The topological polar surface area (TPSA) is 21.3 Å². The Morgan fingerprint density at radius 1 is 1.05 bits per heavy atom. The Balaban J connectivity index is 2.06. The Kier molecular flexibility index (Phi) is 5.92. The number of rotatable bonds is 6. The van der Waals surface area contributed by atoms with E-state index in [-0.39, 0.29) is 0 Å². The number of nitrogens with one attached hydrogen (secondary N) is 1. The molecule has 0 heterocycles. The fourth-order valence-corrected chi connectivity index (χ4v) is 3.33. The molecule has 20 heavy (non-hydrogen) atoms. The van der Waals surface area contributed by atoms with E-state index in [9.17, 15) is 0 Å². The zero-order valence-electron chi connectivity index (χ0n) is 11.3. The molecule has 2 aromatic carbocycles. The highest BCUT2D eigenvalue weighted by Gasteiger charge is 2.08. The summed E-state index contributed by atoms with van der Waals surface area (Å²) in [5.41, 5.74) is 2.31. The van der Waals surface area contributed by atoms with Gasteiger partial charge in [-0.3, -0.25) is 0 Å². The van der Waals surface area contributed by atoms with Crippen molar-refractivity contribution in [3.05, 3.63) is 57.0 Å². The summed E-state index contributed by atoms with van der Waals surface area (Å²) in [7, 11) is 0. The van der Waals surface area contributed by atoms with Gasteiger partial charge >= 0.3 is 0 Å². The summed E-state index contributed by atoms with van der Waals surface area (Å²) in [4.78, 5) is 0. The largest absolute Gasteiger partial charge is 0.491 e. The number of ether oxygens (including phenoxy) is 1. The van der Waals surface area contributed by atoms with E-state index < -0.39 is 0 Å². The lowest BCUT2D eigenvalue weighted by atomic mass is 10.2. The lowest BCUT2D eigenvalue weighted by molar-refractivity contribution is 0.313. The Labute approximate surface area is 136 Å². The highest BCUT2D eigenvalue weighted by molar-refractivity contribution is 9.11. The molecule has 0 bridgehead atoms. The van der Waals surface area contributed by atoms with Crippen LogP contribution in [0.1, 0.15) is 18.9 Å². The standard InChI is InChI=1S/C16H17Br2NO/c1-2-8-20-16-14(17)9-12(10-15(16)18)11-19-13-6-4-3-5-7-13/h3-7,9-10,19H,2,8,11H2,1H3. The number of para-hydroxylation sites is 1. The molecule has 0 saturated carbocycles. The molecular formula is C16H17Br2NO. The van der Waals surface area contributed by atoms with Gasteiger partial charge in [-0.15, -0.1) is 0 Å². The first kappa shape index (κ1) is 15.4. The third-order valence-electron chi connectivity index (χ3n) is 2.78. The van der Waals surface area contributed by atoms with Crippen LogP contribution in [-0.4, -0.2) is 6.61 Å². The maximum atomic E-state index is 5.72. The van der Waals surface area contributed by atoms with E-state index in [1.54, 1.807) is 0 Å². The van der Waals surface area contributed by atoms with Gasteiger partial charge in [0.15, 0.2) is 0 Å². The van der Waals surface area contributed by atoms with Gasteiger partial charge < -0.3 is 10.1 Å². The van der Waals surface area contributed by atoms with Crippen molar-refractivity contribution in [2.45, 2.75) is 19.9 Å². The third kappa shape index (κ3) is 4.25. The molecule has 0 aliphatic heterocycles. The van der Waals surface area contributed by atoms with Crippen LogP contribution in [0.15, 0.2) is 51.4 Å². The van der Waals surface area contributed by atoms with Gasteiger partial charge in [0.2, 0.25) is 0 Å². The lowest BCUT2D eigenvalue weighted by Gasteiger charge is -2.12. The second-order valence-corrected chi connectivity index (χ2v) is 6.17. The van der Waals surface area contributed by atoms with Crippen LogP contribution in [0.25, 0.3) is 0 Å². The predicted octanol–water partition coefficient (Wildman–Crippen LogP) is 5.61. The summed E-state index contributed by atoms with van der Waals surface area (Å²) < 4.78 is 7.67. The fourth-order valence-electron chi connectivity index (χ4n) is 1.82. The molecule has 2 rings (SSSR count). The molecule has 0 atom stereocenters. The predicted molar refractivity (Wildman–Crippen MR) is 91.4 cm³/mol. The zero-order valence-corrected chi connectivity index (χ0v) is 14.5. The number of anilines is 1. The van der Waals surface area contributed by atoms with Gasteiger partial charge in [0.1, 0.15) is 5.75 Å². The Hall–Kier alpha value is -1.00. The van der Waals surface area contributed by atoms with Crippen LogP contribution in [-0.2, 0) is 6.54 Å². The molecule has 0 amide bonds. The van der Waals surface area contributed by atoms with Crippen molar-refractivity contribution >= 4 is 37.5 Å². The Bertz CT molecular complexity index is 535. The minimum Gasteiger partial charge on any atom is -0.491 e. The van der Waals surface area contributed by atoms with Gasteiger partial charge in [0.05, 0.1) is 15.6 Å². The summed E-state index contributed by atoms with van der Waals surface area (Å²) in [6, 6.07) is 14.4. The van der Waals surface area contributed by atoms with Crippen molar-refractivity contribution in [2.75, 3.05) is 11.9 Å². The van der Waals surface area contributed by atoms with E-state index in [4.69, 9.17) is 4.74 Å². The number of hydrogen-bond acceptors (Lipinski definition) is 2. The molecule has 1 N–H and O–H groups in total. The summed E-state index contributed by atoms with van der Waals surface area (Å²) in [6.07, 6.45) is 0.996. The molecule has 2 aromatic rings. The number of benzene rings is 2. The normalized spacial score (nSPS) is 10.3. The first-order valence-corrected chi connectivity index (χ1v) is 8.19. The van der Waals surface area contributed by atoms with Gasteiger partial charge in [-0.1, -0.05) is 25.1 Å². The SMILES string of the molecule is CCCOc1c(Br)cc(CNc2ccccc2)cc1Br. The highest BCUT2D eigenvalue weighted by Crippen LogP contribution is 2.35. The van der Waals surface area contributed by atoms with Crippen LogP contribution < -0.4 is 10.1 Å².